The first kappa shape index (κ1) is 13.2. The van der Waals surface area contributed by atoms with Gasteiger partial charge < -0.3 is 5.11 Å². The fourth-order valence-electron chi connectivity index (χ4n) is 0. The van der Waals surface area contributed by atoms with Gasteiger partial charge in [-0.2, -0.15) is 0 Å². The van der Waals surface area contributed by atoms with Crippen molar-refractivity contribution >= 4 is 55.6 Å². The fourth-order valence-corrected chi connectivity index (χ4v) is 0. The van der Waals surface area contributed by atoms with Crippen LogP contribution in [0.2, 0.25) is 0 Å². The molecule has 2 nitrogen and oxygen atoms in total. The van der Waals surface area contributed by atoms with Crippen molar-refractivity contribution in [1.82, 2.24) is 0 Å². The Labute approximate surface area is 78.2 Å². The van der Waals surface area contributed by atoms with Crippen LogP contribution in [0, 0.1) is 0 Å². The van der Waals surface area contributed by atoms with Crippen LogP contribution in [0.4, 0.5) is 0 Å². The molecule has 0 saturated heterocycles. The third-order valence-corrected chi connectivity index (χ3v) is 0.175. The molecule has 0 rings (SSSR count). The van der Waals surface area contributed by atoms with Crippen molar-refractivity contribution in [3.63, 3.8) is 0 Å². The predicted molar refractivity (Wildman–Crippen MR) is 47.0 cm³/mol. The first-order valence-electron chi connectivity index (χ1n) is 1.88. The zero-order valence-electron chi connectivity index (χ0n) is 4.65. The van der Waals surface area contributed by atoms with Crippen molar-refractivity contribution in [2.45, 2.75) is 0 Å². The molecule has 0 aliphatic carbocycles. The van der Waals surface area contributed by atoms with Gasteiger partial charge in [-0.3, -0.25) is 0 Å². The minimum atomic E-state index is -2.72. The SMILES string of the molecule is C=CC(=O)O.Cl[Si](Cl)(Cl)Cl. The highest BCUT2D eigenvalue weighted by Crippen LogP contribution is 2.23. The molecule has 0 saturated carbocycles. The molecular weight excluding hydrogens is 238 g/mol. The van der Waals surface area contributed by atoms with E-state index in [1.54, 1.807) is 0 Å². The molecule has 0 radical (unpaired) electrons. The quantitative estimate of drug-likeness (QED) is 0.436. The summed E-state index contributed by atoms with van der Waals surface area (Å²) in [6, 6.07) is 0. The van der Waals surface area contributed by atoms with Gasteiger partial charge in [-0.15, -0.1) is 44.3 Å². The second kappa shape index (κ2) is 6.31. The first-order valence-corrected chi connectivity index (χ1v) is 7.93. The van der Waals surface area contributed by atoms with Crippen molar-refractivity contribution < 1.29 is 9.90 Å². The molecule has 0 spiro atoms. The van der Waals surface area contributed by atoms with E-state index in [1.807, 2.05) is 0 Å². The lowest BCUT2D eigenvalue weighted by Crippen LogP contribution is -1.91. The van der Waals surface area contributed by atoms with Crippen LogP contribution < -0.4 is 0 Å². The van der Waals surface area contributed by atoms with Gasteiger partial charge in [0, 0.05) is 6.08 Å². The lowest BCUT2D eigenvalue weighted by atomic mass is 10.7. The van der Waals surface area contributed by atoms with Gasteiger partial charge in [0.15, 0.2) is 0 Å². The Bertz CT molecular complexity index is 114. The van der Waals surface area contributed by atoms with Crippen LogP contribution in [0.15, 0.2) is 12.7 Å². The van der Waals surface area contributed by atoms with E-state index in [0.29, 0.717) is 0 Å². The van der Waals surface area contributed by atoms with Gasteiger partial charge in [-0.1, -0.05) is 6.58 Å². The number of carbonyl (C=O) groups is 1. The number of hydrogen-bond donors (Lipinski definition) is 1. The van der Waals surface area contributed by atoms with Crippen molar-refractivity contribution in [3.05, 3.63) is 12.7 Å². The highest BCUT2D eigenvalue weighted by Gasteiger charge is 2.19. The van der Waals surface area contributed by atoms with Gasteiger partial charge in [-0.25, -0.2) is 4.79 Å². The maximum atomic E-state index is 9.25. The molecule has 0 aromatic rings. The van der Waals surface area contributed by atoms with Crippen LogP contribution in [-0.2, 0) is 4.79 Å². The molecule has 0 unspecified atom stereocenters. The zero-order valence-corrected chi connectivity index (χ0v) is 8.68. The Morgan fingerprint density at radius 2 is 1.50 bits per heavy atom. The lowest BCUT2D eigenvalue weighted by Gasteiger charge is -1.85. The Hall–Kier alpha value is 0.587. The standard InChI is InChI=1S/C3H4O2.Cl4Si/c1-2-3(4)5;1-5(2,3)4/h2H,1H2,(H,4,5);. The minimum absolute atomic E-state index is 0.833. The van der Waals surface area contributed by atoms with Crippen LogP contribution in [0.25, 0.3) is 0 Å². The molecule has 7 heteroatoms. The molecular formula is C3H4Cl4O2Si. The topological polar surface area (TPSA) is 37.3 Å². The molecule has 1 N–H and O–H groups in total. The summed E-state index contributed by atoms with van der Waals surface area (Å²) in [6.07, 6.45) is 0.833. The summed E-state index contributed by atoms with van der Waals surface area (Å²) in [5.41, 5.74) is 0. The molecule has 0 aliphatic rings. The third-order valence-electron chi connectivity index (χ3n) is 0.175. The highest BCUT2D eigenvalue weighted by molar-refractivity contribution is 7.81. The molecule has 0 heterocycles. The van der Waals surface area contributed by atoms with Crippen LogP contribution in [-0.4, -0.2) is 16.4 Å². The molecule has 0 aromatic carbocycles. The van der Waals surface area contributed by atoms with E-state index < -0.39 is 11.3 Å². The molecule has 10 heavy (non-hydrogen) atoms. The summed E-state index contributed by atoms with van der Waals surface area (Å²) in [6.45, 7) is 2.96. The average molecular weight is 242 g/mol. The van der Waals surface area contributed by atoms with Gasteiger partial charge in [0.05, 0.1) is 0 Å². The normalized spacial score (nSPS) is 9.20. The minimum Gasteiger partial charge on any atom is -0.478 e. The lowest BCUT2D eigenvalue weighted by molar-refractivity contribution is -0.131. The van der Waals surface area contributed by atoms with Crippen LogP contribution >= 0.6 is 44.3 Å². The van der Waals surface area contributed by atoms with Crippen molar-refractivity contribution in [1.29, 1.82) is 0 Å². The largest absolute Gasteiger partial charge is 0.478 e. The molecule has 0 amide bonds. The summed E-state index contributed by atoms with van der Waals surface area (Å²) >= 11 is 19.9. The highest BCUT2D eigenvalue weighted by atomic mass is 36.0. The summed E-state index contributed by atoms with van der Waals surface area (Å²) in [4.78, 5) is 9.25. The van der Waals surface area contributed by atoms with Gasteiger partial charge in [0.1, 0.15) is 0 Å². The summed E-state index contributed by atoms with van der Waals surface area (Å²) in [7, 11) is 0. The van der Waals surface area contributed by atoms with Crippen molar-refractivity contribution in [3.8, 4) is 0 Å². The van der Waals surface area contributed by atoms with E-state index in [2.05, 4.69) is 6.58 Å². The second-order valence-electron chi connectivity index (χ2n) is 0.971. The maximum Gasteiger partial charge on any atom is 0.440 e. The van der Waals surface area contributed by atoms with E-state index in [0.717, 1.165) is 6.08 Å². The molecule has 0 aliphatic heterocycles. The molecule has 0 bridgehead atoms. The number of carboxylic acids is 1. The molecule has 60 valence electrons. The molecule has 0 atom stereocenters. The zero-order chi connectivity index (χ0) is 8.78. The fraction of sp³-hybridized carbons (Fsp3) is 0. The van der Waals surface area contributed by atoms with Gasteiger partial charge >= 0.3 is 11.3 Å². The van der Waals surface area contributed by atoms with Crippen LogP contribution in [0.1, 0.15) is 0 Å². The van der Waals surface area contributed by atoms with Crippen molar-refractivity contribution in [2.24, 2.45) is 0 Å². The number of carboxylic acid groups (broad SMARTS) is 1. The van der Waals surface area contributed by atoms with Crippen LogP contribution in [0.5, 0.6) is 0 Å². The smallest absolute Gasteiger partial charge is 0.440 e. The molecule has 0 aromatic heterocycles. The Morgan fingerprint density at radius 1 is 1.40 bits per heavy atom. The van der Waals surface area contributed by atoms with Crippen LogP contribution in [0.3, 0.4) is 0 Å². The second-order valence-corrected chi connectivity index (χ2v) is 12.1. The summed E-state index contributed by atoms with van der Waals surface area (Å²) < 4.78 is 0. The Balaban J connectivity index is 0. The van der Waals surface area contributed by atoms with E-state index in [1.165, 1.54) is 0 Å². The summed E-state index contributed by atoms with van der Waals surface area (Å²) in [5.74, 6) is -0.981. The number of rotatable bonds is 1. The number of halogens is 4. The van der Waals surface area contributed by atoms with Gasteiger partial charge in [0.2, 0.25) is 0 Å². The van der Waals surface area contributed by atoms with E-state index in [4.69, 9.17) is 49.4 Å². The monoisotopic (exact) mass is 240 g/mol. The Kier molecular flexibility index (Phi) is 8.32. The van der Waals surface area contributed by atoms with E-state index in [-0.39, 0.29) is 0 Å². The average Bonchev–Trinajstić information content (AvgIpc) is 1.61. The van der Waals surface area contributed by atoms with Crippen molar-refractivity contribution in [2.75, 3.05) is 0 Å². The predicted octanol–water partition coefficient (Wildman–Crippen LogP) is 2.63. The van der Waals surface area contributed by atoms with E-state index >= 15 is 0 Å². The first-order chi connectivity index (χ1) is 4.27. The Morgan fingerprint density at radius 3 is 1.50 bits per heavy atom. The number of aliphatic carboxylic acids is 1. The molecule has 0 fully saturated rings. The summed E-state index contributed by atoms with van der Waals surface area (Å²) in [5, 5.41) is 4.88. The van der Waals surface area contributed by atoms with E-state index in [9.17, 15) is 4.79 Å². The number of hydrogen-bond acceptors (Lipinski definition) is 1. The third kappa shape index (κ3) is 73.9. The van der Waals surface area contributed by atoms with Gasteiger partial charge in [-0.05, 0) is 0 Å². The van der Waals surface area contributed by atoms with Gasteiger partial charge in [0.25, 0.3) is 0 Å². The maximum absolute atomic E-state index is 9.25.